The Morgan fingerprint density at radius 2 is 1.76 bits per heavy atom. The molecule has 0 aliphatic heterocycles. The number of hydrogen-bond acceptors (Lipinski definition) is 2. The fraction of sp³-hybridized carbons (Fsp3) is 0.684. The molecule has 0 amide bonds. The minimum atomic E-state index is 0.426. The lowest BCUT2D eigenvalue weighted by atomic mass is 9.99. The van der Waals surface area contributed by atoms with Gasteiger partial charge in [-0.05, 0) is 31.9 Å². The van der Waals surface area contributed by atoms with Crippen LogP contribution in [-0.4, -0.2) is 13.2 Å². The van der Waals surface area contributed by atoms with Gasteiger partial charge in [-0.3, -0.25) is 0 Å². The molecule has 1 aromatic carbocycles. The topological polar surface area (TPSA) is 21.3 Å². The smallest absolute Gasteiger partial charge is 0.124 e. The summed E-state index contributed by atoms with van der Waals surface area (Å²) in [7, 11) is 0. The van der Waals surface area contributed by atoms with Crippen molar-refractivity contribution >= 4 is 0 Å². The minimum absolute atomic E-state index is 0.426. The molecule has 1 N–H and O–H groups in total. The average Bonchev–Trinajstić information content (AvgIpc) is 2.53. The summed E-state index contributed by atoms with van der Waals surface area (Å²) in [6.45, 7) is 8.51. The SMILES string of the molecule is CCCCCCC(NCCC)c1ccccc1OCCC. The van der Waals surface area contributed by atoms with E-state index in [1.807, 2.05) is 0 Å². The van der Waals surface area contributed by atoms with Crippen molar-refractivity contribution < 1.29 is 4.74 Å². The zero-order valence-electron chi connectivity index (χ0n) is 14.2. The Morgan fingerprint density at radius 3 is 2.48 bits per heavy atom. The van der Waals surface area contributed by atoms with Gasteiger partial charge in [0.25, 0.3) is 0 Å². The number of benzene rings is 1. The van der Waals surface area contributed by atoms with E-state index in [1.54, 1.807) is 0 Å². The molecule has 0 bridgehead atoms. The van der Waals surface area contributed by atoms with E-state index in [-0.39, 0.29) is 0 Å². The monoisotopic (exact) mass is 291 g/mol. The van der Waals surface area contributed by atoms with E-state index in [2.05, 4.69) is 50.4 Å². The summed E-state index contributed by atoms with van der Waals surface area (Å²) in [5.74, 6) is 1.06. The molecule has 1 rings (SSSR count). The van der Waals surface area contributed by atoms with Crippen LogP contribution in [0, 0.1) is 0 Å². The van der Waals surface area contributed by atoms with Gasteiger partial charge in [-0.15, -0.1) is 0 Å². The summed E-state index contributed by atoms with van der Waals surface area (Å²) in [6.07, 6.45) is 8.68. The predicted molar refractivity (Wildman–Crippen MR) is 92.0 cm³/mol. The standard InChI is InChI=1S/C19H33NO/c1-4-7-8-9-13-18(20-15-5-2)17-12-10-11-14-19(17)21-16-6-3/h10-12,14,18,20H,4-9,13,15-16H2,1-3H3. The Morgan fingerprint density at radius 1 is 0.952 bits per heavy atom. The van der Waals surface area contributed by atoms with E-state index in [0.29, 0.717) is 6.04 Å². The van der Waals surface area contributed by atoms with E-state index in [4.69, 9.17) is 4.74 Å². The highest BCUT2D eigenvalue weighted by atomic mass is 16.5. The highest BCUT2D eigenvalue weighted by Gasteiger charge is 2.15. The molecule has 0 saturated carbocycles. The number of nitrogens with one attached hydrogen (secondary N) is 1. The minimum Gasteiger partial charge on any atom is -0.493 e. The Balaban J connectivity index is 2.70. The molecule has 0 radical (unpaired) electrons. The first-order chi connectivity index (χ1) is 10.3. The molecule has 0 spiro atoms. The molecule has 1 atom stereocenters. The first-order valence-electron chi connectivity index (χ1n) is 8.78. The number of hydrogen-bond donors (Lipinski definition) is 1. The molecule has 1 unspecified atom stereocenters. The van der Waals surface area contributed by atoms with Crippen molar-refractivity contribution in [2.75, 3.05) is 13.2 Å². The van der Waals surface area contributed by atoms with Crippen LogP contribution in [-0.2, 0) is 0 Å². The molecule has 21 heavy (non-hydrogen) atoms. The van der Waals surface area contributed by atoms with E-state index < -0.39 is 0 Å². The van der Waals surface area contributed by atoms with Crippen LogP contribution in [0.5, 0.6) is 5.75 Å². The number of ether oxygens (including phenoxy) is 1. The molecule has 0 aliphatic carbocycles. The normalized spacial score (nSPS) is 12.3. The zero-order chi connectivity index (χ0) is 15.3. The third-order valence-corrected chi connectivity index (χ3v) is 3.74. The second-order valence-corrected chi connectivity index (χ2v) is 5.74. The number of unbranched alkanes of at least 4 members (excludes halogenated alkanes) is 3. The fourth-order valence-electron chi connectivity index (χ4n) is 2.57. The maximum atomic E-state index is 5.93. The Kier molecular flexibility index (Phi) is 9.98. The molecular formula is C19H33NO. The molecule has 1 aromatic rings. The second kappa shape index (κ2) is 11.6. The molecule has 0 aliphatic rings. The van der Waals surface area contributed by atoms with Crippen LogP contribution in [0.3, 0.4) is 0 Å². The van der Waals surface area contributed by atoms with Crippen LogP contribution in [0.4, 0.5) is 0 Å². The van der Waals surface area contributed by atoms with E-state index in [1.165, 1.54) is 44.1 Å². The maximum absolute atomic E-state index is 5.93. The summed E-state index contributed by atoms with van der Waals surface area (Å²) in [4.78, 5) is 0. The van der Waals surface area contributed by atoms with Crippen LogP contribution in [0.1, 0.15) is 77.3 Å². The van der Waals surface area contributed by atoms with Gasteiger partial charge in [0.1, 0.15) is 5.75 Å². The molecule has 0 aromatic heterocycles. The van der Waals surface area contributed by atoms with Crippen molar-refractivity contribution in [3.05, 3.63) is 29.8 Å². The Labute approximate surface area is 131 Å². The molecule has 0 saturated heterocycles. The quantitative estimate of drug-likeness (QED) is 0.514. The average molecular weight is 291 g/mol. The summed E-state index contributed by atoms with van der Waals surface area (Å²) in [6, 6.07) is 8.95. The van der Waals surface area contributed by atoms with Crippen LogP contribution in [0.15, 0.2) is 24.3 Å². The first kappa shape index (κ1) is 18.0. The molecule has 0 heterocycles. The molecule has 2 heteroatoms. The Hall–Kier alpha value is -1.02. The lowest BCUT2D eigenvalue weighted by Crippen LogP contribution is -2.23. The third-order valence-electron chi connectivity index (χ3n) is 3.74. The van der Waals surface area contributed by atoms with Gasteiger partial charge < -0.3 is 10.1 Å². The molecule has 120 valence electrons. The van der Waals surface area contributed by atoms with Crippen molar-refractivity contribution in [1.29, 1.82) is 0 Å². The molecule has 0 fully saturated rings. The summed E-state index contributed by atoms with van der Waals surface area (Å²) in [5.41, 5.74) is 1.33. The van der Waals surface area contributed by atoms with Gasteiger partial charge in [-0.1, -0.05) is 64.7 Å². The molecular weight excluding hydrogens is 258 g/mol. The highest BCUT2D eigenvalue weighted by Crippen LogP contribution is 2.29. The summed E-state index contributed by atoms with van der Waals surface area (Å²) in [5, 5.41) is 3.70. The van der Waals surface area contributed by atoms with Crippen LogP contribution < -0.4 is 10.1 Å². The maximum Gasteiger partial charge on any atom is 0.124 e. The van der Waals surface area contributed by atoms with Gasteiger partial charge in [0.2, 0.25) is 0 Å². The zero-order valence-corrected chi connectivity index (χ0v) is 14.2. The lowest BCUT2D eigenvalue weighted by Gasteiger charge is -2.22. The van der Waals surface area contributed by atoms with Gasteiger partial charge in [0.15, 0.2) is 0 Å². The number of para-hydroxylation sites is 1. The Bertz CT molecular complexity index is 364. The number of rotatable bonds is 12. The first-order valence-corrected chi connectivity index (χ1v) is 8.78. The van der Waals surface area contributed by atoms with Gasteiger partial charge in [0, 0.05) is 11.6 Å². The van der Waals surface area contributed by atoms with Gasteiger partial charge in [0.05, 0.1) is 6.61 Å². The molecule has 2 nitrogen and oxygen atoms in total. The van der Waals surface area contributed by atoms with Gasteiger partial charge in [-0.2, -0.15) is 0 Å². The van der Waals surface area contributed by atoms with E-state index >= 15 is 0 Å². The van der Waals surface area contributed by atoms with Crippen molar-refractivity contribution in [2.45, 2.75) is 71.8 Å². The van der Waals surface area contributed by atoms with Gasteiger partial charge >= 0.3 is 0 Å². The van der Waals surface area contributed by atoms with E-state index in [0.717, 1.165) is 25.3 Å². The summed E-state index contributed by atoms with van der Waals surface area (Å²) < 4.78 is 5.93. The van der Waals surface area contributed by atoms with Crippen molar-refractivity contribution in [1.82, 2.24) is 5.32 Å². The van der Waals surface area contributed by atoms with Crippen molar-refractivity contribution in [2.24, 2.45) is 0 Å². The van der Waals surface area contributed by atoms with Crippen molar-refractivity contribution in [3.8, 4) is 5.75 Å². The lowest BCUT2D eigenvalue weighted by molar-refractivity contribution is 0.308. The fourth-order valence-corrected chi connectivity index (χ4v) is 2.57. The van der Waals surface area contributed by atoms with E-state index in [9.17, 15) is 0 Å². The largest absolute Gasteiger partial charge is 0.493 e. The van der Waals surface area contributed by atoms with Crippen molar-refractivity contribution in [3.63, 3.8) is 0 Å². The third kappa shape index (κ3) is 6.99. The van der Waals surface area contributed by atoms with Crippen LogP contribution >= 0.6 is 0 Å². The van der Waals surface area contributed by atoms with Crippen LogP contribution in [0.25, 0.3) is 0 Å². The highest BCUT2D eigenvalue weighted by molar-refractivity contribution is 5.36. The van der Waals surface area contributed by atoms with Gasteiger partial charge in [-0.25, -0.2) is 0 Å². The summed E-state index contributed by atoms with van der Waals surface area (Å²) >= 11 is 0. The van der Waals surface area contributed by atoms with Crippen LogP contribution in [0.2, 0.25) is 0 Å². The predicted octanol–water partition coefficient (Wildman–Crippen LogP) is 5.49. The second-order valence-electron chi connectivity index (χ2n) is 5.74.